The molecular formula is C9H8O5. The van der Waals surface area contributed by atoms with Crippen molar-refractivity contribution >= 4 is 5.97 Å². The number of aromatic hydroxyl groups is 3. The number of ether oxygens (including phenoxy) is 1. The Bertz CT molecular complexity index is 436. The lowest BCUT2D eigenvalue weighted by Crippen LogP contribution is -1.97. The van der Waals surface area contributed by atoms with Crippen molar-refractivity contribution in [2.45, 2.75) is 13.5 Å². The summed E-state index contributed by atoms with van der Waals surface area (Å²) < 4.78 is 4.67. The van der Waals surface area contributed by atoms with Gasteiger partial charge in [0, 0.05) is 5.56 Å². The number of phenolic OH excluding ortho intramolecular Hbond substituents is 3. The van der Waals surface area contributed by atoms with E-state index in [-0.39, 0.29) is 23.3 Å². The Morgan fingerprint density at radius 1 is 1.14 bits per heavy atom. The third-order valence-corrected chi connectivity index (χ3v) is 2.32. The minimum absolute atomic E-state index is 0.0747. The Balaban J connectivity index is 2.84. The third kappa shape index (κ3) is 0.863. The first kappa shape index (κ1) is 8.68. The molecule has 5 nitrogen and oxygen atoms in total. The molecule has 14 heavy (non-hydrogen) atoms. The lowest BCUT2D eigenvalue weighted by Gasteiger charge is -2.07. The fourth-order valence-corrected chi connectivity index (χ4v) is 1.52. The molecule has 1 aromatic rings. The molecule has 0 aliphatic carbocycles. The monoisotopic (exact) mass is 196 g/mol. The average Bonchev–Trinajstić information content (AvgIpc) is 2.54. The second-order valence-corrected chi connectivity index (χ2v) is 3.10. The van der Waals surface area contributed by atoms with Crippen molar-refractivity contribution in [1.29, 1.82) is 0 Å². The SMILES string of the molecule is Cc1c(O)c(O)c(O)c2c1C(=O)OC2. The standard InChI is InChI=1S/C9H8O5/c1-3-5-4(2-14-9(5)13)7(11)8(12)6(3)10/h10-12H,2H2,1H3. The van der Waals surface area contributed by atoms with Crippen LogP contribution in [0.25, 0.3) is 0 Å². The zero-order valence-electron chi connectivity index (χ0n) is 7.37. The largest absolute Gasteiger partial charge is 0.504 e. The number of hydrogen-bond donors (Lipinski definition) is 3. The van der Waals surface area contributed by atoms with E-state index in [1.807, 2.05) is 0 Å². The zero-order valence-corrected chi connectivity index (χ0v) is 7.37. The van der Waals surface area contributed by atoms with Crippen LogP contribution in [0.2, 0.25) is 0 Å². The van der Waals surface area contributed by atoms with Gasteiger partial charge in [0.05, 0.1) is 11.1 Å². The number of fused-ring (bicyclic) bond motifs is 1. The first-order valence-electron chi connectivity index (χ1n) is 3.97. The van der Waals surface area contributed by atoms with Gasteiger partial charge in [-0.15, -0.1) is 0 Å². The van der Waals surface area contributed by atoms with Gasteiger partial charge in [0.2, 0.25) is 5.75 Å². The van der Waals surface area contributed by atoms with Crippen molar-refractivity contribution in [3.63, 3.8) is 0 Å². The van der Waals surface area contributed by atoms with Gasteiger partial charge in [-0.05, 0) is 6.92 Å². The molecule has 3 N–H and O–H groups in total. The molecular weight excluding hydrogens is 188 g/mol. The van der Waals surface area contributed by atoms with Crippen LogP contribution in [0.15, 0.2) is 0 Å². The molecule has 0 fully saturated rings. The van der Waals surface area contributed by atoms with Crippen LogP contribution in [0.5, 0.6) is 17.2 Å². The zero-order chi connectivity index (χ0) is 10.5. The number of cyclic esters (lactones) is 1. The summed E-state index contributed by atoms with van der Waals surface area (Å²) in [4.78, 5) is 11.2. The molecule has 0 saturated carbocycles. The van der Waals surface area contributed by atoms with Crippen LogP contribution < -0.4 is 0 Å². The highest BCUT2D eigenvalue weighted by Crippen LogP contribution is 2.45. The minimum atomic E-state index is -0.612. The second-order valence-electron chi connectivity index (χ2n) is 3.10. The number of hydrogen-bond acceptors (Lipinski definition) is 5. The normalized spacial score (nSPS) is 13.9. The van der Waals surface area contributed by atoms with E-state index in [1.165, 1.54) is 6.92 Å². The summed E-state index contributed by atoms with van der Waals surface area (Å²) in [6.45, 7) is 1.40. The Morgan fingerprint density at radius 3 is 2.43 bits per heavy atom. The van der Waals surface area contributed by atoms with Gasteiger partial charge in [-0.2, -0.15) is 0 Å². The van der Waals surface area contributed by atoms with E-state index in [2.05, 4.69) is 4.74 Å². The van der Waals surface area contributed by atoms with Gasteiger partial charge in [0.25, 0.3) is 0 Å². The van der Waals surface area contributed by atoms with E-state index in [1.54, 1.807) is 0 Å². The summed E-state index contributed by atoms with van der Waals surface area (Å²) in [5.74, 6) is -2.18. The van der Waals surface area contributed by atoms with Crippen molar-refractivity contribution in [3.8, 4) is 17.2 Å². The Morgan fingerprint density at radius 2 is 1.79 bits per heavy atom. The summed E-state index contributed by atoms with van der Waals surface area (Å²) in [5, 5.41) is 28.0. The molecule has 1 aromatic carbocycles. The topological polar surface area (TPSA) is 87.0 Å². The quantitative estimate of drug-likeness (QED) is 0.421. The first-order chi connectivity index (χ1) is 6.54. The van der Waals surface area contributed by atoms with Crippen molar-refractivity contribution in [1.82, 2.24) is 0 Å². The molecule has 0 bridgehead atoms. The lowest BCUT2D eigenvalue weighted by molar-refractivity contribution is 0.0533. The molecule has 5 heteroatoms. The first-order valence-corrected chi connectivity index (χ1v) is 3.97. The van der Waals surface area contributed by atoms with E-state index < -0.39 is 23.2 Å². The highest BCUT2D eigenvalue weighted by molar-refractivity contribution is 5.97. The predicted molar refractivity (Wildman–Crippen MR) is 45.3 cm³/mol. The summed E-state index contributed by atoms with van der Waals surface area (Å²) in [5.41, 5.74) is 0.582. The van der Waals surface area contributed by atoms with Gasteiger partial charge in [-0.25, -0.2) is 4.79 Å². The molecule has 0 atom stereocenters. The average molecular weight is 196 g/mol. The van der Waals surface area contributed by atoms with Crippen molar-refractivity contribution in [3.05, 3.63) is 16.7 Å². The minimum Gasteiger partial charge on any atom is -0.504 e. The maximum atomic E-state index is 11.2. The van der Waals surface area contributed by atoms with E-state index in [9.17, 15) is 20.1 Å². The predicted octanol–water partition coefficient (Wildman–Crippen LogP) is 0.782. The Hall–Kier alpha value is -1.91. The lowest BCUT2D eigenvalue weighted by atomic mass is 10.0. The van der Waals surface area contributed by atoms with Gasteiger partial charge in [0.1, 0.15) is 6.61 Å². The Kier molecular flexibility index (Phi) is 1.57. The van der Waals surface area contributed by atoms with E-state index in [0.29, 0.717) is 0 Å². The number of rotatable bonds is 0. The van der Waals surface area contributed by atoms with Gasteiger partial charge in [-0.1, -0.05) is 0 Å². The van der Waals surface area contributed by atoms with E-state index >= 15 is 0 Å². The number of benzene rings is 1. The summed E-state index contributed by atoms with van der Waals surface area (Å²) in [7, 11) is 0. The maximum Gasteiger partial charge on any atom is 0.339 e. The fourth-order valence-electron chi connectivity index (χ4n) is 1.52. The third-order valence-electron chi connectivity index (χ3n) is 2.32. The molecule has 1 aliphatic heterocycles. The molecule has 0 spiro atoms. The molecule has 0 unspecified atom stereocenters. The fraction of sp³-hybridized carbons (Fsp3) is 0.222. The van der Waals surface area contributed by atoms with Crippen molar-refractivity contribution in [2.75, 3.05) is 0 Å². The van der Waals surface area contributed by atoms with Crippen LogP contribution in [0.1, 0.15) is 21.5 Å². The van der Waals surface area contributed by atoms with E-state index in [0.717, 1.165) is 0 Å². The highest BCUT2D eigenvalue weighted by atomic mass is 16.5. The van der Waals surface area contributed by atoms with Crippen LogP contribution in [0.3, 0.4) is 0 Å². The molecule has 1 heterocycles. The highest BCUT2D eigenvalue weighted by Gasteiger charge is 2.31. The van der Waals surface area contributed by atoms with Crippen molar-refractivity contribution < 1.29 is 24.9 Å². The molecule has 0 saturated heterocycles. The second kappa shape index (κ2) is 2.54. The van der Waals surface area contributed by atoms with Crippen LogP contribution in [0, 0.1) is 6.92 Å². The number of phenols is 3. The number of esters is 1. The summed E-state index contributed by atoms with van der Waals surface area (Å²) >= 11 is 0. The molecule has 0 radical (unpaired) electrons. The molecule has 2 rings (SSSR count). The van der Waals surface area contributed by atoms with Crippen LogP contribution >= 0.6 is 0 Å². The van der Waals surface area contributed by atoms with Crippen LogP contribution in [-0.4, -0.2) is 21.3 Å². The molecule has 0 amide bonds. The Labute approximate surface area is 79.2 Å². The summed E-state index contributed by atoms with van der Waals surface area (Å²) in [6.07, 6.45) is 0. The molecule has 74 valence electrons. The molecule has 1 aliphatic rings. The van der Waals surface area contributed by atoms with Crippen LogP contribution in [-0.2, 0) is 11.3 Å². The van der Waals surface area contributed by atoms with E-state index in [4.69, 9.17) is 0 Å². The van der Waals surface area contributed by atoms with Crippen molar-refractivity contribution in [2.24, 2.45) is 0 Å². The number of carbonyl (C=O) groups is 1. The van der Waals surface area contributed by atoms with Gasteiger partial charge in [0.15, 0.2) is 11.5 Å². The maximum absolute atomic E-state index is 11.2. The van der Waals surface area contributed by atoms with Gasteiger partial charge in [-0.3, -0.25) is 0 Å². The number of carbonyl (C=O) groups excluding carboxylic acids is 1. The van der Waals surface area contributed by atoms with Crippen LogP contribution in [0.4, 0.5) is 0 Å². The van der Waals surface area contributed by atoms with Gasteiger partial charge < -0.3 is 20.1 Å². The smallest absolute Gasteiger partial charge is 0.339 e. The van der Waals surface area contributed by atoms with Gasteiger partial charge >= 0.3 is 5.97 Å². The molecule has 0 aromatic heterocycles. The summed E-state index contributed by atoms with van der Waals surface area (Å²) in [6, 6.07) is 0.